The first-order valence-electron chi connectivity index (χ1n) is 6.66. The van der Waals surface area contributed by atoms with Crippen molar-refractivity contribution in [2.24, 2.45) is 0 Å². The van der Waals surface area contributed by atoms with Crippen LogP contribution in [0.15, 0.2) is 30.3 Å². The van der Waals surface area contributed by atoms with Crippen LogP contribution in [0.4, 0.5) is 11.5 Å². The first kappa shape index (κ1) is 13.2. The van der Waals surface area contributed by atoms with Gasteiger partial charge >= 0.3 is 0 Å². The van der Waals surface area contributed by atoms with Crippen molar-refractivity contribution < 1.29 is 8.42 Å². The van der Waals surface area contributed by atoms with Gasteiger partial charge < -0.3 is 11.1 Å². The second kappa shape index (κ2) is 4.94. The second-order valence-corrected chi connectivity index (χ2v) is 7.56. The van der Waals surface area contributed by atoms with E-state index in [9.17, 15) is 8.42 Å². The van der Waals surface area contributed by atoms with Crippen molar-refractivity contribution in [1.29, 1.82) is 0 Å². The third-order valence-corrected chi connectivity index (χ3v) is 5.96. The zero-order valence-corrected chi connectivity index (χ0v) is 11.9. The van der Waals surface area contributed by atoms with Gasteiger partial charge in [-0.2, -0.15) is 0 Å². The Kier molecular flexibility index (Phi) is 3.25. The molecule has 106 valence electrons. The molecule has 3 rings (SSSR count). The topological polar surface area (TPSA) is 85.1 Å². The third-order valence-electron chi connectivity index (χ3n) is 3.69. The van der Waals surface area contributed by atoms with Crippen molar-refractivity contribution in [3.63, 3.8) is 0 Å². The summed E-state index contributed by atoms with van der Waals surface area (Å²) in [6.07, 6.45) is 1.50. The Morgan fingerprint density at radius 1 is 1.30 bits per heavy atom. The van der Waals surface area contributed by atoms with Crippen molar-refractivity contribution in [2.75, 3.05) is 23.3 Å². The Hall–Kier alpha value is -1.82. The van der Waals surface area contributed by atoms with Gasteiger partial charge in [0, 0.05) is 17.6 Å². The monoisotopic (exact) mass is 291 g/mol. The highest BCUT2D eigenvalue weighted by atomic mass is 32.2. The van der Waals surface area contributed by atoms with Crippen LogP contribution in [0.25, 0.3) is 10.9 Å². The zero-order chi connectivity index (χ0) is 14.2. The molecule has 0 bridgehead atoms. The van der Waals surface area contributed by atoms with E-state index < -0.39 is 9.84 Å². The summed E-state index contributed by atoms with van der Waals surface area (Å²) in [5, 5.41) is 3.82. The molecule has 1 aliphatic rings. The summed E-state index contributed by atoms with van der Waals surface area (Å²) in [5.74, 6) is 1.01. The van der Waals surface area contributed by atoms with Gasteiger partial charge in [-0.25, -0.2) is 13.4 Å². The van der Waals surface area contributed by atoms with E-state index in [2.05, 4.69) is 10.3 Å². The van der Waals surface area contributed by atoms with Gasteiger partial charge in [0.1, 0.15) is 5.82 Å². The number of nitrogens with two attached hydrogens (primary N) is 1. The molecule has 1 aromatic heterocycles. The minimum absolute atomic E-state index is 0.286. The number of hydrogen-bond acceptors (Lipinski definition) is 5. The first-order chi connectivity index (χ1) is 9.54. The lowest BCUT2D eigenvalue weighted by atomic mass is 10.2. The standard InChI is InChI=1S/C14H17N3O2S/c15-11-4-5-13-10(8-11)3-6-14(17-13)16-9-12-2-1-7-20(12,18)19/h3-6,8,12H,1-2,7,9,15H2,(H,16,17). The fraction of sp³-hybridized carbons (Fsp3) is 0.357. The van der Waals surface area contributed by atoms with Gasteiger partial charge in [-0.15, -0.1) is 0 Å². The minimum atomic E-state index is -2.91. The summed E-state index contributed by atoms with van der Waals surface area (Å²) in [6, 6.07) is 9.32. The van der Waals surface area contributed by atoms with Crippen molar-refractivity contribution in [3.8, 4) is 0 Å². The van der Waals surface area contributed by atoms with Crippen LogP contribution in [0.5, 0.6) is 0 Å². The highest BCUT2D eigenvalue weighted by Crippen LogP contribution is 2.21. The molecule has 1 aromatic carbocycles. The number of fused-ring (bicyclic) bond motifs is 1. The van der Waals surface area contributed by atoms with Gasteiger partial charge in [0.05, 0.1) is 16.5 Å². The summed E-state index contributed by atoms with van der Waals surface area (Å²) < 4.78 is 23.5. The lowest BCUT2D eigenvalue weighted by Gasteiger charge is -2.11. The van der Waals surface area contributed by atoms with E-state index in [1.165, 1.54) is 0 Å². The quantitative estimate of drug-likeness (QED) is 0.842. The van der Waals surface area contributed by atoms with Crippen LogP contribution in [0, 0.1) is 0 Å². The van der Waals surface area contributed by atoms with Crippen molar-refractivity contribution in [2.45, 2.75) is 18.1 Å². The van der Waals surface area contributed by atoms with Crippen LogP contribution < -0.4 is 11.1 Å². The minimum Gasteiger partial charge on any atom is -0.399 e. The fourth-order valence-corrected chi connectivity index (χ4v) is 4.31. The smallest absolute Gasteiger partial charge is 0.154 e. The van der Waals surface area contributed by atoms with Gasteiger partial charge in [0.25, 0.3) is 0 Å². The van der Waals surface area contributed by atoms with Gasteiger partial charge in [0.15, 0.2) is 9.84 Å². The third kappa shape index (κ3) is 2.56. The maximum absolute atomic E-state index is 11.8. The van der Waals surface area contributed by atoms with Crippen molar-refractivity contribution >= 4 is 32.2 Å². The molecular weight excluding hydrogens is 274 g/mol. The van der Waals surface area contributed by atoms with Crippen LogP contribution in [0.2, 0.25) is 0 Å². The van der Waals surface area contributed by atoms with Crippen molar-refractivity contribution in [3.05, 3.63) is 30.3 Å². The van der Waals surface area contributed by atoms with Crippen LogP contribution in [-0.4, -0.2) is 30.9 Å². The maximum atomic E-state index is 11.8. The fourth-order valence-electron chi connectivity index (χ4n) is 2.55. The summed E-state index contributed by atoms with van der Waals surface area (Å²) in [5.41, 5.74) is 7.27. The Morgan fingerprint density at radius 3 is 2.90 bits per heavy atom. The summed E-state index contributed by atoms with van der Waals surface area (Å²) in [7, 11) is -2.91. The number of nitrogens with one attached hydrogen (secondary N) is 1. The molecule has 1 aliphatic heterocycles. The number of nitrogens with zero attached hydrogens (tertiary/aromatic N) is 1. The summed E-state index contributed by atoms with van der Waals surface area (Å²) in [6.45, 7) is 0.426. The van der Waals surface area contributed by atoms with Crippen LogP contribution >= 0.6 is 0 Å². The predicted molar refractivity (Wildman–Crippen MR) is 81.5 cm³/mol. The molecule has 0 amide bonds. The van der Waals surface area contributed by atoms with E-state index in [4.69, 9.17) is 5.73 Å². The number of sulfone groups is 1. The molecule has 20 heavy (non-hydrogen) atoms. The zero-order valence-electron chi connectivity index (χ0n) is 11.0. The lowest BCUT2D eigenvalue weighted by Crippen LogP contribution is -2.25. The van der Waals surface area contributed by atoms with Gasteiger partial charge in [-0.05, 0) is 43.2 Å². The van der Waals surface area contributed by atoms with Gasteiger partial charge in [-0.3, -0.25) is 0 Å². The molecule has 0 aliphatic carbocycles. The molecule has 2 heterocycles. The van der Waals surface area contributed by atoms with E-state index in [1.807, 2.05) is 24.3 Å². The Balaban J connectivity index is 1.76. The van der Waals surface area contributed by atoms with Gasteiger partial charge in [0.2, 0.25) is 0 Å². The number of hydrogen-bond donors (Lipinski definition) is 2. The average Bonchev–Trinajstić information content (AvgIpc) is 2.75. The molecule has 0 saturated carbocycles. The molecule has 2 aromatic rings. The van der Waals surface area contributed by atoms with E-state index >= 15 is 0 Å². The summed E-state index contributed by atoms with van der Waals surface area (Å²) >= 11 is 0. The molecule has 0 spiro atoms. The number of aromatic nitrogens is 1. The highest BCUT2D eigenvalue weighted by molar-refractivity contribution is 7.92. The van der Waals surface area contributed by atoms with Gasteiger partial charge in [-0.1, -0.05) is 0 Å². The first-order valence-corrected chi connectivity index (χ1v) is 8.38. The molecule has 1 fully saturated rings. The lowest BCUT2D eigenvalue weighted by molar-refractivity contribution is 0.591. The SMILES string of the molecule is Nc1ccc2nc(NCC3CCCS3(=O)=O)ccc2c1. The predicted octanol–water partition coefficient (Wildman–Crippen LogP) is 1.81. The molecule has 1 saturated heterocycles. The number of pyridine rings is 1. The van der Waals surface area contributed by atoms with E-state index in [1.54, 1.807) is 6.07 Å². The van der Waals surface area contributed by atoms with E-state index in [0.29, 0.717) is 23.8 Å². The number of rotatable bonds is 3. The molecule has 6 heteroatoms. The second-order valence-electron chi connectivity index (χ2n) is 5.16. The van der Waals surface area contributed by atoms with Crippen molar-refractivity contribution in [1.82, 2.24) is 4.98 Å². The Morgan fingerprint density at radius 2 is 2.15 bits per heavy atom. The Labute approximate surface area is 118 Å². The largest absolute Gasteiger partial charge is 0.399 e. The molecular formula is C14H17N3O2S. The number of anilines is 2. The normalized spacial score (nSPS) is 21.1. The van der Waals surface area contributed by atoms with Crippen LogP contribution in [0.1, 0.15) is 12.8 Å². The van der Waals surface area contributed by atoms with E-state index in [-0.39, 0.29) is 5.25 Å². The molecule has 0 radical (unpaired) electrons. The molecule has 1 unspecified atom stereocenters. The average molecular weight is 291 g/mol. The van der Waals surface area contributed by atoms with Crippen LogP contribution in [-0.2, 0) is 9.84 Å². The van der Waals surface area contributed by atoms with Crippen LogP contribution in [0.3, 0.4) is 0 Å². The molecule has 3 N–H and O–H groups in total. The van der Waals surface area contributed by atoms with E-state index in [0.717, 1.165) is 23.7 Å². The number of benzene rings is 1. The molecule has 1 atom stereocenters. The Bertz CT molecular complexity index is 743. The molecule has 5 nitrogen and oxygen atoms in total. The highest BCUT2D eigenvalue weighted by Gasteiger charge is 2.30. The number of nitrogen functional groups attached to an aromatic ring is 1. The summed E-state index contributed by atoms with van der Waals surface area (Å²) in [4.78, 5) is 4.46. The maximum Gasteiger partial charge on any atom is 0.154 e.